The summed E-state index contributed by atoms with van der Waals surface area (Å²) in [7, 11) is 0. The van der Waals surface area contributed by atoms with Crippen LogP contribution in [-0.2, 0) is 0 Å². The average Bonchev–Trinajstić information content (AvgIpc) is 2.70. The second kappa shape index (κ2) is 3.86. The highest BCUT2D eigenvalue weighted by Crippen LogP contribution is 2.17. The van der Waals surface area contributed by atoms with Gasteiger partial charge in [0.15, 0.2) is 5.15 Å². The predicted octanol–water partition coefficient (Wildman–Crippen LogP) is 2.42. The summed E-state index contributed by atoms with van der Waals surface area (Å²) < 4.78 is 0. The summed E-state index contributed by atoms with van der Waals surface area (Å²) in [5.74, 6) is -0.182. The highest BCUT2D eigenvalue weighted by molar-refractivity contribution is 7.12. The Hall–Kier alpha value is -1.26. The topological polar surface area (TPSA) is 42.9 Å². The number of nitrogens with zero attached hydrogens (tertiary/aromatic N) is 2. The summed E-state index contributed by atoms with van der Waals surface area (Å²) in [6.45, 7) is 0. The lowest BCUT2D eigenvalue weighted by molar-refractivity contribution is 0.103. The van der Waals surface area contributed by atoms with Gasteiger partial charge >= 0.3 is 0 Å². The fourth-order valence-corrected chi connectivity index (χ4v) is 1.85. The van der Waals surface area contributed by atoms with E-state index in [0.717, 1.165) is 0 Å². The van der Waals surface area contributed by atoms with Gasteiger partial charge in [-0.25, -0.2) is 9.97 Å². The molecule has 0 unspecified atom stereocenters. The van der Waals surface area contributed by atoms with E-state index in [-0.39, 0.29) is 16.6 Å². The zero-order valence-corrected chi connectivity index (χ0v) is 8.55. The molecule has 0 amide bonds. The van der Waals surface area contributed by atoms with Crippen LogP contribution in [0.2, 0.25) is 5.15 Å². The van der Waals surface area contributed by atoms with E-state index >= 15 is 0 Å². The van der Waals surface area contributed by atoms with Crippen LogP contribution in [0.3, 0.4) is 0 Å². The third-order valence-corrected chi connectivity index (χ3v) is 2.76. The molecule has 2 aromatic rings. The Bertz CT molecular complexity index is 456. The zero-order valence-electron chi connectivity index (χ0n) is 6.98. The summed E-state index contributed by atoms with van der Waals surface area (Å²) in [4.78, 5) is 20.1. The summed E-state index contributed by atoms with van der Waals surface area (Å²) in [5.41, 5.74) is 0.205. The number of aromatic nitrogens is 2. The molecule has 2 rings (SSSR count). The van der Waals surface area contributed by atoms with Crippen molar-refractivity contribution in [1.29, 1.82) is 0 Å². The standard InChI is InChI=1S/C9H5ClN2OS/c10-9-7(11-3-4-12-9)8(13)6-2-1-5-14-6/h1-5H. The number of halogens is 1. The molecule has 0 fully saturated rings. The molecule has 0 aromatic carbocycles. The fraction of sp³-hybridized carbons (Fsp3) is 0. The Morgan fingerprint density at radius 2 is 2.14 bits per heavy atom. The van der Waals surface area contributed by atoms with Crippen LogP contribution < -0.4 is 0 Å². The molecule has 3 nitrogen and oxygen atoms in total. The average molecular weight is 225 g/mol. The molecule has 0 aliphatic rings. The van der Waals surface area contributed by atoms with E-state index in [1.165, 1.54) is 23.7 Å². The van der Waals surface area contributed by atoms with Gasteiger partial charge in [0, 0.05) is 12.4 Å². The minimum atomic E-state index is -0.182. The van der Waals surface area contributed by atoms with Crippen molar-refractivity contribution in [3.05, 3.63) is 45.6 Å². The Morgan fingerprint density at radius 3 is 2.79 bits per heavy atom. The molecule has 70 valence electrons. The summed E-state index contributed by atoms with van der Waals surface area (Å²) in [5, 5.41) is 1.98. The number of thiophene rings is 1. The molecule has 0 radical (unpaired) electrons. The van der Waals surface area contributed by atoms with Crippen molar-refractivity contribution in [2.24, 2.45) is 0 Å². The van der Waals surface area contributed by atoms with Crippen molar-refractivity contribution in [1.82, 2.24) is 9.97 Å². The molecule has 0 spiro atoms. The summed E-state index contributed by atoms with van der Waals surface area (Å²) in [6, 6.07) is 3.54. The smallest absolute Gasteiger partial charge is 0.224 e. The summed E-state index contributed by atoms with van der Waals surface area (Å²) in [6.07, 6.45) is 2.90. The number of carbonyl (C=O) groups is 1. The van der Waals surface area contributed by atoms with Gasteiger partial charge in [-0.2, -0.15) is 0 Å². The molecule has 0 N–H and O–H groups in total. The van der Waals surface area contributed by atoms with Crippen LogP contribution in [-0.4, -0.2) is 15.8 Å². The van der Waals surface area contributed by atoms with Crippen LogP contribution >= 0.6 is 22.9 Å². The molecule has 5 heteroatoms. The third-order valence-electron chi connectivity index (χ3n) is 1.61. The van der Waals surface area contributed by atoms with Crippen molar-refractivity contribution in [2.45, 2.75) is 0 Å². The number of hydrogen-bond acceptors (Lipinski definition) is 4. The molecule has 0 aliphatic heterocycles. The SMILES string of the molecule is O=C(c1cccs1)c1nccnc1Cl. The number of rotatable bonds is 2. The first-order valence-corrected chi connectivity index (χ1v) is 5.09. The maximum Gasteiger partial charge on any atom is 0.224 e. The Balaban J connectivity index is 2.42. The third kappa shape index (κ3) is 1.66. The van der Waals surface area contributed by atoms with Crippen molar-refractivity contribution in [3.8, 4) is 0 Å². The van der Waals surface area contributed by atoms with Gasteiger partial charge in [-0.1, -0.05) is 17.7 Å². The second-order valence-electron chi connectivity index (χ2n) is 2.50. The van der Waals surface area contributed by atoms with Crippen molar-refractivity contribution >= 4 is 28.7 Å². The van der Waals surface area contributed by atoms with Gasteiger partial charge in [0.05, 0.1) is 4.88 Å². The Labute approximate surface area is 89.4 Å². The molecule has 2 heterocycles. The molecule has 0 saturated heterocycles. The van der Waals surface area contributed by atoms with E-state index in [9.17, 15) is 4.79 Å². The molecular formula is C9H5ClN2OS. The van der Waals surface area contributed by atoms with Gasteiger partial charge in [-0.15, -0.1) is 11.3 Å². The van der Waals surface area contributed by atoms with Crippen LogP contribution in [0.5, 0.6) is 0 Å². The van der Waals surface area contributed by atoms with E-state index in [0.29, 0.717) is 4.88 Å². The number of hydrogen-bond donors (Lipinski definition) is 0. The van der Waals surface area contributed by atoms with E-state index in [1.54, 1.807) is 6.07 Å². The van der Waals surface area contributed by atoms with Gasteiger partial charge in [-0.05, 0) is 11.4 Å². The zero-order chi connectivity index (χ0) is 9.97. The van der Waals surface area contributed by atoms with Crippen LogP contribution in [0.15, 0.2) is 29.9 Å². The molecule has 0 saturated carbocycles. The monoisotopic (exact) mass is 224 g/mol. The Kier molecular flexibility index (Phi) is 2.56. The van der Waals surface area contributed by atoms with Crippen LogP contribution in [0.1, 0.15) is 15.4 Å². The fourth-order valence-electron chi connectivity index (χ4n) is 0.998. The quantitative estimate of drug-likeness (QED) is 0.736. The first-order valence-electron chi connectivity index (χ1n) is 3.84. The molecular weight excluding hydrogens is 220 g/mol. The van der Waals surface area contributed by atoms with Gasteiger partial charge in [-0.3, -0.25) is 4.79 Å². The normalized spacial score (nSPS) is 10.1. The lowest BCUT2D eigenvalue weighted by Crippen LogP contribution is -2.03. The van der Waals surface area contributed by atoms with Crippen molar-refractivity contribution < 1.29 is 4.79 Å². The van der Waals surface area contributed by atoms with E-state index in [4.69, 9.17) is 11.6 Å². The highest BCUT2D eigenvalue weighted by Gasteiger charge is 2.15. The largest absolute Gasteiger partial charge is 0.286 e. The number of ketones is 1. The summed E-state index contributed by atoms with van der Waals surface area (Å²) >= 11 is 7.10. The Morgan fingerprint density at radius 1 is 1.36 bits per heavy atom. The van der Waals surface area contributed by atoms with E-state index in [2.05, 4.69) is 9.97 Å². The molecule has 0 aliphatic carbocycles. The second-order valence-corrected chi connectivity index (χ2v) is 3.81. The van der Waals surface area contributed by atoms with Crippen molar-refractivity contribution in [2.75, 3.05) is 0 Å². The number of carbonyl (C=O) groups excluding carboxylic acids is 1. The minimum absolute atomic E-state index is 0.144. The van der Waals surface area contributed by atoms with Gasteiger partial charge in [0.25, 0.3) is 0 Å². The predicted molar refractivity (Wildman–Crippen MR) is 54.8 cm³/mol. The molecule has 14 heavy (non-hydrogen) atoms. The first-order chi connectivity index (χ1) is 6.79. The van der Waals surface area contributed by atoms with Crippen LogP contribution in [0.4, 0.5) is 0 Å². The van der Waals surface area contributed by atoms with E-state index in [1.807, 2.05) is 11.4 Å². The van der Waals surface area contributed by atoms with Gasteiger partial charge in [0.1, 0.15) is 5.69 Å². The molecule has 0 atom stereocenters. The van der Waals surface area contributed by atoms with Crippen LogP contribution in [0, 0.1) is 0 Å². The molecule has 0 bridgehead atoms. The van der Waals surface area contributed by atoms with Gasteiger partial charge in [0.2, 0.25) is 5.78 Å². The lowest BCUT2D eigenvalue weighted by Gasteiger charge is -1.97. The van der Waals surface area contributed by atoms with Gasteiger partial charge < -0.3 is 0 Å². The van der Waals surface area contributed by atoms with Crippen LogP contribution in [0.25, 0.3) is 0 Å². The van der Waals surface area contributed by atoms with E-state index < -0.39 is 0 Å². The lowest BCUT2D eigenvalue weighted by atomic mass is 10.2. The first kappa shape index (κ1) is 9.30. The maximum atomic E-state index is 11.8. The minimum Gasteiger partial charge on any atom is -0.286 e. The maximum absolute atomic E-state index is 11.8. The van der Waals surface area contributed by atoms with Crippen molar-refractivity contribution in [3.63, 3.8) is 0 Å². The highest BCUT2D eigenvalue weighted by atomic mass is 35.5. The molecule has 2 aromatic heterocycles.